The fourth-order valence-electron chi connectivity index (χ4n) is 2.25. The molecule has 0 spiro atoms. The van der Waals surface area contributed by atoms with Crippen molar-refractivity contribution in [2.45, 2.75) is 24.5 Å². The monoisotopic (exact) mass is 284 g/mol. The first-order chi connectivity index (χ1) is 9.54. The second-order valence-electron chi connectivity index (χ2n) is 4.46. The van der Waals surface area contributed by atoms with Gasteiger partial charge in [-0.15, -0.1) is 0 Å². The van der Waals surface area contributed by atoms with E-state index < -0.39 is 42.4 Å². The number of nitrogens with zero attached hydrogens (tertiary/aromatic N) is 2. The molecule has 20 heavy (non-hydrogen) atoms. The smallest absolute Gasteiger partial charge is 0.332 e. The number of hydrogen-bond donors (Lipinski definition) is 5. The van der Waals surface area contributed by atoms with Crippen LogP contribution in [-0.4, -0.2) is 59.8 Å². The van der Waals surface area contributed by atoms with E-state index in [0.29, 0.717) is 4.57 Å². The minimum Gasteiger partial charge on any atom is -0.394 e. The summed E-state index contributed by atoms with van der Waals surface area (Å²) >= 11 is 0. The summed E-state index contributed by atoms with van der Waals surface area (Å²) in [5, 5.41) is 28.5. The number of nitrogens with one attached hydrogen (secondary N) is 2. The lowest BCUT2D eigenvalue weighted by molar-refractivity contribution is -0.0562. The number of ether oxygens (including phenoxy) is 1. The van der Waals surface area contributed by atoms with Crippen molar-refractivity contribution in [2.75, 3.05) is 6.61 Å². The number of H-pyrrole nitrogens is 2. The highest BCUT2D eigenvalue weighted by molar-refractivity contribution is 5.67. The number of imidazole rings is 1. The summed E-state index contributed by atoms with van der Waals surface area (Å²) in [4.78, 5) is 32.8. The van der Waals surface area contributed by atoms with E-state index in [2.05, 4.69) is 15.0 Å². The summed E-state index contributed by atoms with van der Waals surface area (Å²) in [6.07, 6.45) is -4.13. The summed E-state index contributed by atoms with van der Waals surface area (Å²) in [5.74, 6) is 0. The Morgan fingerprint density at radius 3 is 2.75 bits per heavy atom. The van der Waals surface area contributed by atoms with Gasteiger partial charge in [0.05, 0.1) is 12.9 Å². The number of rotatable bonds is 2. The second kappa shape index (κ2) is 4.52. The maximum atomic E-state index is 12.2. The largest absolute Gasteiger partial charge is 0.394 e. The zero-order valence-electron chi connectivity index (χ0n) is 10.1. The molecule has 1 aliphatic heterocycles. The van der Waals surface area contributed by atoms with Crippen molar-refractivity contribution in [2.24, 2.45) is 0 Å². The third-order valence-electron chi connectivity index (χ3n) is 3.28. The molecule has 3 heterocycles. The Balaban J connectivity index is 2.15. The summed E-state index contributed by atoms with van der Waals surface area (Å²) in [7, 11) is 0. The van der Waals surface area contributed by atoms with Crippen LogP contribution in [0.4, 0.5) is 0 Å². The molecule has 10 nitrogen and oxygen atoms in total. The minimum absolute atomic E-state index is 0.0256. The van der Waals surface area contributed by atoms with Gasteiger partial charge in [-0.25, -0.2) is 14.3 Å². The third-order valence-corrected chi connectivity index (χ3v) is 3.28. The van der Waals surface area contributed by atoms with E-state index in [-0.39, 0.29) is 11.2 Å². The Bertz CT molecular complexity index is 748. The van der Waals surface area contributed by atoms with Crippen molar-refractivity contribution in [3.8, 4) is 0 Å². The van der Waals surface area contributed by atoms with Gasteiger partial charge in [-0.3, -0.25) is 9.78 Å². The first-order valence-electron chi connectivity index (χ1n) is 5.85. The van der Waals surface area contributed by atoms with Gasteiger partial charge in [-0.1, -0.05) is 0 Å². The number of aliphatic hydroxyl groups excluding tert-OH is 3. The molecule has 0 amide bonds. The Morgan fingerprint density at radius 1 is 1.35 bits per heavy atom. The molecule has 4 unspecified atom stereocenters. The van der Waals surface area contributed by atoms with Crippen molar-refractivity contribution in [3.05, 3.63) is 27.2 Å². The molecule has 108 valence electrons. The normalized spacial score (nSPS) is 30.1. The van der Waals surface area contributed by atoms with Gasteiger partial charge in [0.15, 0.2) is 11.7 Å². The fourth-order valence-corrected chi connectivity index (χ4v) is 2.25. The van der Waals surface area contributed by atoms with Crippen molar-refractivity contribution in [1.82, 2.24) is 19.5 Å². The molecular weight excluding hydrogens is 272 g/mol. The third kappa shape index (κ3) is 1.70. The molecule has 5 N–H and O–H groups in total. The van der Waals surface area contributed by atoms with Crippen LogP contribution in [0.15, 0.2) is 15.9 Å². The fraction of sp³-hybridized carbons (Fsp3) is 0.500. The second-order valence-corrected chi connectivity index (χ2v) is 4.46. The number of aromatic nitrogens is 4. The molecule has 4 atom stereocenters. The van der Waals surface area contributed by atoms with Gasteiger partial charge in [0.2, 0.25) is 0 Å². The van der Waals surface area contributed by atoms with E-state index in [0.717, 1.165) is 0 Å². The van der Waals surface area contributed by atoms with E-state index in [1.165, 1.54) is 6.33 Å². The molecule has 2 aromatic rings. The van der Waals surface area contributed by atoms with Crippen LogP contribution in [0.3, 0.4) is 0 Å². The molecule has 10 heteroatoms. The van der Waals surface area contributed by atoms with Crippen LogP contribution in [0.25, 0.3) is 11.2 Å². The molecular formula is C10H12N4O6. The molecule has 0 aromatic carbocycles. The van der Waals surface area contributed by atoms with E-state index in [1.807, 2.05) is 0 Å². The zero-order valence-corrected chi connectivity index (χ0v) is 10.1. The summed E-state index contributed by atoms with van der Waals surface area (Å²) in [6, 6.07) is 0. The van der Waals surface area contributed by atoms with Gasteiger partial charge >= 0.3 is 5.69 Å². The Hall–Kier alpha value is -2.01. The SMILES string of the molecule is O=c1[nH]c2[nH]cnc2c(=O)n1C1OC(CO)C(O)C1O. The van der Waals surface area contributed by atoms with Gasteiger partial charge in [0.1, 0.15) is 24.0 Å². The topological polar surface area (TPSA) is 153 Å². The van der Waals surface area contributed by atoms with E-state index >= 15 is 0 Å². The van der Waals surface area contributed by atoms with E-state index in [4.69, 9.17) is 9.84 Å². The lowest BCUT2D eigenvalue weighted by Crippen LogP contribution is -2.42. The van der Waals surface area contributed by atoms with Crippen LogP contribution in [0.5, 0.6) is 0 Å². The van der Waals surface area contributed by atoms with Crippen LogP contribution in [0, 0.1) is 0 Å². The summed E-state index contributed by atoms with van der Waals surface area (Å²) in [5.41, 5.74) is -1.45. The van der Waals surface area contributed by atoms with Gasteiger partial charge in [0, 0.05) is 0 Å². The number of hydrogen-bond acceptors (Lipinski definition) is 7. The molecule has 1 saturated heterocycles. The molecule has 0 aliphatic carbocycles. The highest BCUT2D eigenvalue weighted by Gasteiger charge is 2.44. The van der Waals surface area contributed by atoms with E-state index in [1.54, 1.807) is 0 Å². The highest BCUT2D eigenvalue weighted by Crippen LogP contribution is 2.27. The first-order valence-corrected chi connectivity index (χ1v) is 5.85. The number of aromatic amines is 2. The molecule has 0 radical (unpaired) electrons. The molecule has 0 saturated carbocycles. The van der Waals surface area contributed by atoms with Gasteiger partial charge in [-0.05, 0) is 0 Å². The lowest BCUT2D eigenvalue weighted by atomic mass is 10.1. The Kier molecular flexibility index (Phi) is 2.94. The van der Waals surface area contributed by atoms with Crippen molar-refractivity contribution < 1.29 is 20.1 Å². The highest BCUT2D eigenvalue weighted by atomic mass is 16.6. The molecule has 3 rings (SSSR count). The number of fused-ring (bicyclic) bond motifs is 1. The van der Waals surface area contributed by atoms with E-state index in [9.17, 15) is 19.8 Å². The molecule has 1 fully saturated rings. The van der Waals surface area contributed by atoms with Crippen molar-refractivity contribution >= 4 is 11.2 Å². The molecule has 1 aliphatic rings. The lowest BCUT2D eigenvalue weighted by Gasteiger charge is -2.16. The Labute approximate surface area is 110 Å². The quantitative estimate of drug-likeness (QED) is 0.394. The van der Waals surface area contributed by atoms with Gasteiger partial charge in [-0.2, -0.15) is 0 Å². The van der Waals surface area contributed by atoms with Crippen LogP contribution in [0.2, 0.25) is 0 Å². The minimum atomic E-state index is -1.51. The standard InChI is InChI=1S/C10H12N4O6/c15-1-3-5(16)6(17)9(20-3)14-8(18)4-7(12-2-11-4)13-10(14)19/h2-3,5-6,9,15-17H,1H2,(H,11,12)(H,13,19). The summed E-state index contributed by atoms with van der Waals surface area (Å²) < 4.78 is 5.79. The maximum absolute atomic E-state index is 12.2. The van der Waals surface area contributed by atoms with Crippen molar-refractivity contribution in [1.29, 1.82) is 0 Å². The Morgan fingerprint density at radius 2 is 2.10 bits per heavy atom. The summed E-state index contributed by atoms with van der Waals surface area (Å²) in [6.45, 7) is -0.550. The van der Waals surface area contributed by atoms with Crippen LogP contribution in [0.1, 0.15) is 6.23 Å². The average Bonchev–Trinajstić information content (AvgIpc) is 2.98. The van der Waals surface area contributed by atoms with Gasteiger partial charge in [0.25, 0.3) is 5.56 Å². The molecule has 0 bridgehead atoms. The predicted molar refractivity (Wildman–Crippen MR) is 64.0 cm³/mol. The van der Waals surface area contributed by atoms with Crippen LogP contribution in [-0.2, 0) is 4.74 Å². The molecule has 2 aromatic heterocycles. The maximum Gasteiger partial charge on any atom is 0.332 e. The predicted octanol–water partition coefficient (Wildman–Crippen LogP) is -2.98. The number of aliphatic hydroxyl groups is 3. The average molecular weight is 284 g/mol. The van der Waals surface area contributed by atoms with Gasteiger partial charge < -0.3 is 25.0 Å². The van der Waals surface area contributed by atoms with Crippen LogP contribution >= 0.6 is 0 Å². The van der Waals surface area contributed by atoms with Crippen molar-refractivity contribution in [3.63, 3.8) is 0 Å². The first kappa shape index (κ1) is 13.0. The zero-order chi connectivity index (χ0) is 14.4. The van der Waals surface area contributed by atoms with Crippen LogP contribution < -0.4 is 11.2 Å².